The number of hydrogen-bond donors (Lipinski definition) is 0. The maximum Gasteiger partial charge on any atom is 0.124 e. The Morgan fingerprint density at radius 3 is 2.10 bits per heavy atom. The molecule has 0 atom stereocenters. The van der Waals surface area contributed by atoms with Gasteiger partial charge in [0.2, 0.25) is 0 Å². The molecular formula is C19H25NS. The van der Waals surface area contributed by atoms with Crippen LogP contribution < -0.4 is 0 Å². The normalized spacial score (nSPS) is 9.38. The van der Waals surface area contributed by atoms with Gasteiger partial charge in [-0.25, -0.2) is 4.98 Å². The third-order valence-electron chi connectivity index (χ3n) is 2.67. The van der Waals surface area contributed by atoms with Crippen molar-refractivity contribution in [3.63, 3.8) is 0 Å². The van der Waals surface area contributed by atoms with E-state index in [2.05, 4.69) is 68.2 Å². The van der Waals surface area contributed by atoms with Gasteiger partial charge >= 0.3 is 0 Å². The molecule has 2 aromatic carbocycles. The molecule has 1 nitrogen and oxygen atoms in total. The zero-order valence-corrected chi connectivity index (χ0v) is 14.5. The van der Waals surface area contributed by atoms with Crippen LogP contribution in [0.5, 0.6) is 0 Å². The molecule has 0 unspecified atom stereocenters. The lowest BCUT2D eigenvalue weighted by Crippen LogP contribution is -1.80. The standard InChI is InChI=1S/C14H11NS.C3H8.C2H6/c1-10-6-2-3-7-11(10)14-15-12-8-4-5-9-13(12)16-14;1-3-2;1-2/h2-9H,1H3;3H2,1-2H3;1-2H3. The third-order valence-corrected chi connectivity index (χ3v) is 3.74. The summed E-state index contributed by atoms with van der Waals surface area (Å²) < 4.78 is 1.25. The van der Waals surface area contributed by atoms with E-state index in [9.17, 15) is 0 Å². The van der Waals surface area contributed by atoms with Crippen molar-refractivity contribution < 1.29 is 0 Å². The Hall–Kier alpha value is -1.67. The fraction of sp³-hybridized carbons (Fsp3) is 0.316. The van der Waals surface area contributed by atoms with Crippen LogP contribution in [0.15, 0.2) is 48.5 Å². The van der Waals surface area contributed by atoms with Crippen LogP contribution in [-0.4, -0.2) is 4.98 Å². The van der Waals surface area contributed by atoms with Gasteiger partial charge in [0, 0.05) is 5.56 Å². The first kappa shape index (κ1) is 17.4. The van der Waals surface area contributed by atoms with Gasteiger partial charge in [0.05, 0.1) is 10.2 Å². The molecule has 0 aliphatic carbocycles. The largest absolute Gasteiger partial charge is 0.236 e. The number of nitrogens with zero attached hydrogens (tertiary/aromatic N) is 1. The fourth-order valence-electron chi connectivity index (χ4n) is 1.80. The van der Waals surface area contributed by atoms with Crippen LogP contribution in [0.1, 0.15) is 39.7 Å². The number of para-hydroxylation sites is 1. The summed E-state index contributed by atoms with van der Waals surface area (Å²) in [6, 6.07) is 16.7. The molecule has 0 saturated heterocycles. The number of fused-ring (bicyclic) bond motifs is 1. The highest BCUT2D eigenvalue weighted by Crippen LogP contribution is 2.31. The van der Waals surface area contributed by atoms with Crippen LogP contribution in [0.2, 0.25) is 0 Å². The van der Waals surface area contributed by atoms with Gasteiger partial charge in [0.15, 0.2) is 0 Å². The number of thiazole rings is 1. The summed E-state index contributed by atoms with van der Waals surface area (Å²) in [5, 5.41) is 1.11. The van der Waals surface area contributed by atoms with Crippen molar-refractivity contribution in [3.8, 4) is 10.6 Å². The van der Waals surface area contributed by atoms with Crippen molar-refractivity contribution in [1.29, 1.82) is 0 Å². The van der Waals surface area contributed by atoms with Crippen molar-refractivity contribution in [2.45, 2.75) is 41.0 Å². The van der Waals surface area contributed by atoms with Gasteiger partial charge in [0.25, 0.3) is 0 Å². The smallest absolute Gasteiger partial charge is 0.124 e. The first-order valence-corrected chi connectivity index (χ1v) is 8.49. The Morgan fingerprint density at radius 1 is 0.905 bits per heavy atom. The number of benzene rings is 2. The van der Waals surface area contributed by atoms with E-state index < -0.39 is 0 Å². The lowest BCUT2D eigenvalue weighted by Gasteiger charge is -1.99. The Balaban J connectivity index is 0.000000395. The number of rotatable bonds is 1. The number of hydrogen-bond acceptors (Lipinski definition) is 2. The van der Waals surface area contributed by atoms with E-state index in [1.807, 2.05) is 19.9 Å². The maximum atomic E-state index is 4.66. The molecule has 2 heteroatoms. The number of aromatic nitrogens is 1. The van der Waals surface area contributed by atoms with Crippen molar-refractivity contribution in [1.82, 2.24) is 4.98 Å². The van der Waals surface area contributed by atoms with Gasteiger partial charge in [-0.2, -0.15) is 0 Å². The third kappa shape index (κ3) is 4.68. The van der Waals surface area contributed by atoms with E-state index in [0.29, 0.717) is 0 Å². The van der Waals surface area contributed by atoms with E-state index >= 15 is 0 Å². The Morgan fingerprint density at radius 2 is 1.48 bits per heavy atom. The Bertz CT molecular complexity index is 622. The van der Waals surface area contributed by atoms with Gasteiger partial charge in [-0.05, 0) is 24.6 Å². The van der Waals surface area contributed by atoms with E-state index in [0.717, 1.165) is 10.5 Å². The van der Waals surface area contributed by atoms with Crippen molar-refractivity contribution >= 4 is 21.6 Å². The first-order chi connectivity index (χ1) is 10.3. The lowest BCUT2D eigenvalue weighted by molar-refractivity contribution is 1.09. The molecule has 0 N–H and O–H groups in total. The summed E-state index contributed by atoms with van der Waals surface area (Å²) in [6.45, 7) is 10.4. The minimum atomic E-state index is 1.09. The average molecular weight is 299 g/mol. The molecule has 3 aromatic rings. The predicted octanol–water partition coefficient (Wildman–Crippen LogP) is 6.71. The van der Waals surface area contributed by atoms with Crippen molar-refractivity contribution in [3.05, 3.63) is 54.1 Å². The predicted molar refractivity (Wildman–Crippen MR) is 97.1 cm³/mol. The summed E-state index contributed by atoms with van der Waals surface area (Å²) in [7, 11) is 0. The molecular weight excluding hydrogens is 274 g/mol. The van der Waals surface area contributed by atoms with Crippen LogP contribution in [0.3, 0.4) is 0 Å². The topological polar surface area (TPSA) is 12.9 Å². The molecule has 0 spiro atoms. The Kier molecular flexibility index (Phi) is 7.70. The van der Waals surface area contributed by atoms with Gasteiger partial charge in [0.1, 0.15) is 5.01 Å². The monoisotopic (exact) mass is 299 g/mol. The molecule has 1 heterocycles. The highest BCUT2D eigenvalue weighted by atomic mass is 32.1. The molecule has 21 heavy (non-hydrogen) atoms. The van der Waals surface area contributed by atoms with Crippen LogP contribution in [0.25, 0.3) is 20.8 Å². The van der Waals surface area contributed by atoms with Gasteiger partial charge in [-0.15, -0.1) is 11.3 Å². The summed E-state index contributed by atoms with van der Waals surface area (Å²) in [4.78, 5) is 4.66. The second kappa shape index (κ2) is 9.30. The molecule has 112 valence electrons. The van der Waals surface area contributed by atoms with Gasteiger partial charge < -0.3 is 0 Å². The second-order valence-electron chi connectivity index (χ2n) is 4.51. The molecule has 0 aliphatic rings. The van der Waals surface area contributed by atoms with E-state index in [-0.39, 0.29) is 0 Å². The maximum absolute atomic E-state index is 4.66. The summed E-state index contributed by atoms with van der Waals surface area (Å²) in [6.07, 6.45) is 1.25. The summed E-state index contributed by atoms with van der Waals surface area (Å²) in [5.41, 5.74) is 3.61. The van der Waals surface area contributed by atoms with E-state index in [1.165, 1.54) is 22.2 Å². The minimum Gasteiger partial charge on any atom is -0.236 e. The van der Waals surface area contributed by atoms with Crippen molar-refractivity contribution in [2.24, 2.45) is 0 Å². The summed E-state index contributed by atoms with van der Waals surface area (Å²) >= 11 is 1.75. The van der Waals surface area contributed by atoms with Gasteiger partial charge in [-0.3, -0.25) is 0 Å². The van der Waals surface area contributed by atoms with Crippen LogP contribution in [0.4, 0.5) is 0 Å². The van der Waals surface area contributed by atoms with Crippen LogP contribution in [0, 0.1) is 6.92 Å². The molecule has 0 bridgehead atoms. The average Bonchev–Trinajstić information content (AvgIpc) is 2.94. The molecule has 1 aromatic heterocycles. The summed E-state index contributed by atoms with van der Waals surface area (Å²) in [5.74, 6) is 0. The molecule has 0 amide bonds. The molecule has 0 saturated carbocycles. The lowest BCUT2D eigenvalue weighted by atomic mass is 10.1. The Labute approximate surface area is 132 Å². The SMILES string of the molecule is CC.CCC.Cc1ccccc1-c1nc2ccccc2s1. The van der Waals surface area contributed by atoms with Gasteiger partial charge in [-0.1, -0.05) is 70.5 Å². The first-order valence-electron chi connectivity index (χ1n) is 7.67. The quantitative estimate of drug-likeness (QED) is 0.486. The van der Waals surface area contributed by atoms with Crippen molar-refractivity contribution in [2.75, 3.05) is 0 Å². The zero-order valence-electron chi connectivity index (χ0n) is 13.7. The highest BCUT2D eigenvalue weighted by Gasteiger charge is 2.06. The number of aryl methyl sites for hydroxylation is 1. The van der Waals surface area contributed by atoms with E-state index in [4.69, 9.17) is 0 Å². The molecule has 0 radical (unpaired) electrons. The van der Waals surface area contributed by atoms with E-state index in [1.54, 1.807) is 11.3 Å². The van der Waals surface area contributed by atoms with Crippen LogP contribution in [-0.2, 0) is 0 Å². The highest BCUT2D eigenvalue weighted by molar-refractivity contribution is 7.21. The fourth-order valence-corrected chi connectivity index (χ4v) is 2.86. The zero-order chi connectivity index (χ0) is 15.7. The molecule has 3 rings (SSSR count). The molecule has 0 aliphatic heterocycles. The minimum absolute atomic E-state index is 1.09. The molecule has 0 fully saturated rings. The van der Waals surface area contributed by atoms with Crippen LogP contribution >= 0.6 is 11.3 Å². The second-order valence-corrected chi connectivity index (χ2v) is 5.54.